The van der Waals surface area contributed by atoms with Gasteiger partial charge in [-0.05, 0) is 33.5 Å². The van der Waals surface area contributed by atoms with E-state index in [4.69, 9.17) is 0 Å². The van der Waals surface area contributed by atoms with Gasteiger partial charge < -0.3 is 10.2 Å². The van der Waals surface area contributed by atoms with Gasteiger partial charge in [0.2, 0.25) is 5.95 Å². The molecule has 15 heavy (non-hydrogen) atoms. The Labute approximate surface area is 91.7 Å². The second kappa shape index (κ2) is 5.66. The second-order valence-corrected chi connectivity index (χ2v) is 3.80. The van der Waals surface area contributed by atoms with E-state index in [1.54, 1.807) is 0 Å². The van der Waals surface area contributed by atoms with E-state index >= 15 is 0 Å². The van der Waals surface area contributed by atoms with E-state index in [1.807, 2.05) is 19.9 Å². The first kappa shape index (κ1) is 11.9. The number of likely N-dealkylation sites (N-methyl/N-ethyl adjacent to an activating group) is 1. The summed E-state index contributed by atoms with van der Waals surface area (Å²) in [5.41, 5.74) is 2.02. The largest absolute Gasteiger partial charge is 0.353 e. The first-order chi connectivity index (χ1) is 7.11. The number of anilines is 1. The van der Waals surface area contributed by atoms with Crippen molar-refractivity contribution >= 4 is 5.95 Å². The minimum atomic E-state index is 0.733. The van der Waals surface area contributed by atoms with Crippen LogP contribution in [0.1, 0.15) is 18.3 Å². The van der Waals surface area contributed by atoms with Gasteiger partial charge >= 0.3 is 0 Å². The minimum Gasteiger partial charge on any atom is -0.353 e. The van der Waals surface area contributed by atoms with Crippen molar-refractivity contribution in [2.24, 2.45) is 0 Å². The Morgan fingerprint density at radius 3 is 2.40 bits per heavy atom. The molecular formula is C11H20N4. The lowest BCUT2D eigenvalue weighted by atomic mass is 10.4. The standard InChI is InChI=1S/C11H20N4/c1-5-15(4)7-6-12-11-13-9(2)8-10(3)14-11/h8H,5-7H2,1-4H3,(H,12,13,14). The number of aromatic nitrogens is 2. The van der Waals surface area contributed by atoms with E-state index in [2.05, 4.69) is 34.2 Å². The molecule has 0 unspecified atom stereocenters. The SMILES string of the molecule is CCN(C)CCNc1nc(C)cc(C)n1. The molecule has 4 nitrogen and oxygen atoms in total. The van der Waals surface area contributed by atoms with E-state index in [9.17, 15) is 0 Å². The monoisotopic (exact) mass is 208 g/mol. The Balaban J connectivity index is 2.43. The number of nitrogens with one attached hydrogen (secondary N) is 1. The highest BCUT2D eigenvalue weighted by atomic mass is 15.1. The van der Waals surface area contributed by atoms with Crippen LogP contribution >= 0.6 is 0 Å². The lowest BCUT2D eigenvalue weighted by Crippen LogP contribution is -2.25. The van der Waals surface area contributed by atoms with Crippen LogP contribution in [0.5, 0.6) is 0 Å². The van der Waals surface area contributed by atoms with Crippen LogP contribution in [-0.2, 0) is 0 Å². The first-order valence-electron chi connectivity index (χ1n) is 5.36. The zero-order valence-corrected chi connectivity index (χ0v) is 10.0. The van der Waals surface area contributed by atoms with Gasteiger partial charge in [0.1, 0.15) is 0 Å². The number of rotatable bonds is 5. The predicted octanol–water partition coefficient (Wildman–Crippen LogP) is 1.46. The fourth-order valence-corrected chi connectivity index (χ4v) is 1.32. The molecule has 84 valence electrons. The van der Waals surface area contributed by atoms with E-state index in [0.717, 1.165) is 37.0 Å². The molecule has 0 amide bonds. The summed E-state index contributed by atoms with van der Waals surface area (Å²) in [6, 6.07) is 1.98. The number of nitrogens with zero attached hydrogens (tertiary/aromatic N) is 3. The molecule has 1 rings (SSSR count). The number of hydrogen-bond acceptors (Lipinski definition) is 4. The molecule has 0 bridgehead atoms. The number of hydrogen-bond donors (Lipinski definition) is 1. The molecule has 0 fully saturated rings. The molecule has 0 saturated heterocycles. The van der Waals surface area contributed by atoms with Gasteiger partial charge in [0, 0.05) is 24.5 Å². The van der Waals surface area contributed by atoms with E-state index in [0.29, 0.717) is 0 Å². The van der Waals surface area contributed by atoms with Crippen LogP contribution in [0.2, 0.25) is 0 Å². The average molecular weight is 208 g/mol. The molecule has 1 heterocycles. The lowest BCUT2D eigenvalue weighted by Gasteiger charge is -2.14. The third kappa shape index (κ3) is 4.25. The number of aryl methyl sites for hydroxylation is 2. The van der Waals surface area contributed by atoms with Crippen LogP contribution in [0.3, 0.4) is 0 Å². The smallest absolute Gasteiger partial charge is 0.223 e. The Bertz CT molecular complexity index is 291. The van der Waals surface area contributed by atoms with E-state index < -0.39 is 0 Å². The summed E-state index contributed by atoms with van der Waals surface area (Å²) in [4.78, 5) is 10.9. The highest BCUT2D eigenvalue weighted by Gasteiger charge is 1.99. The first-order valence-corrected chi connectivity index (χ1v) is 5.36. The van der Waals surface area contributed by atoms with Crippen molar-refractivity contribution in [3.63, 3.8) is 0 Å². The molecule has 1 aromatic rings. The molecule has 0 aliphatic rings. The van der Waals surface area contributed by atoms with Gasteiger partial charge in [-0.1, -0.05) is 6.92 Å². The molecule has 4 heteroatoms. The Morgan fingerprint density at radius 1 is 1.27 bits per heavy atom. The maximum absolute atomic E-state index is 4.32. The molecule has 0 atom stereocenters. The second-order valence-electron chi connectivity index (χ2n) is 3.80. The van der Waals surface area contributed by atoms with Crippen molar-refractivity contribution in [2.45, 2.75) is 20.8 Å². The zero-order valence-electron chi connectivity index (χ0n) is 10.0. The molecule has 0 aliphatic heterocycles. The van der Waals surface area contributed by atoms with Crippen molar-refractivity contribution in [3.05, 3.63) is 17.5 Å². The van der Waals surface area contributed by atoms with Crippen molar-refractivity contribution < 1.29 is 0 Å². The van der Waals surface area contributed by atoms with Gasteiger partial charge in [-0.3, -0.25) is 0 Å². The van der Waals surface area contributed by atoms with Crippen LogP contribution in [0.4, 0.5) is 5.95 Å². The zero-order chi connectivity index (χ0) is 11.3. The fraction of sp³-hybridized carbons (Fsp3) is 0.636. The maximum Gasteiger partial charge on any atom is 0.223 e. The van der Waals surface area contributed by atoms with Crippen molar-refractivity contribution in [3.8, 4) is 0 Å². The third-order valence-corrected chi connectivity index (χ3v) is 2.30. The lowest BCUT2D eigenvalue weighted by molar-refractivity contribution is 0.367. The van der Waals surface area contributed by atoms with Gasteiger partial charge in [0.25, 0.3) is 0 Å². The van der Waals surface area contributed by atoms with Gasteiger partial charge in [-0.25, -0.2) is 9.97 Å². The maximum atomic E-state index is 4.32. The van der Waals surface area contributed by atoms with Crippen molar-refractivity contribution in [1.29, 1.82) is 0 Å². The highest BCUT2D eigenvalue weighted by molar-refractivity contribution is 5.27. The summed E-state index contributed by atoms with van der Waals surface area (Å²) in [6.07, 6.45) is 0. The van der Waals surface area contributed by atoms with Crippen LogP contribution in [0, 0.1) is 13.8 Å². The van der Waals surface area contributed by atoms with Gasteiger partial charge in [-0.15, -0.1) is 0 Å². The molecule has 1 aromatic heterocycles. The third-order valence-electron chi connectivity index (χ3n) is 2.30. The highest BCUT2D eigenvalue weighted by Crippen LogP contribution is 2.02. The Kier molecular flexibility index (Phi) is 4.49. The van der Waals surface area contributed by atoms with Crippen LogP contribution < -0.4 is 5.32 Å². The topological polar surface area (TPSA) is 41.0 Å². The predicted molar refractivity (Wildman–Crippen MR) is 63.2 cm³/mol. The van der Waals surface area contributed by atoms with Crippen LogP contribution in [0.15, 0.2) is 6.07 Å². The quantitative estimate of drug-likeness (QED) is 0.795. The summed E-state index contributed by atoms with van der Waals surface area (Å²) in [7, 11) is 2.10. The summed E-state index contributed by atoms with van der Waals surface area (Å²) < 4.78 is 0. The average Bonchev–Trinajstić information content (AvgIpc) is 2.16. The molecule has 0 radical (unpaired) electrons. The van der Waals surface area contributed by atoms with E-state index in [-0.39, 0.29) is 0 Å². The van der Waals surface area contributed by atoms with Gasteiger partial charge in [-0.2, -0.15) is 0 Å². The minimum absolute atomic E-state index is 0.733. The Morgan fingerprint density at radius 2 is 1.87 bits per heavy atom. The van der Waals surface area contributed by atoms with Gasteiger partial charge in [0.05, 0.1) is 0 Å². The summed E-state index contributed by atoms with van der Waals surface area (Å²) >= 11 is 0. The summed E-state index contributed by atoms with van der Waals surface area (Å²) in [5.74, 6) is 0.733. The summed E-state index contributed by atoms with van der Waals surface area (Å²) in [5, 5.41) is 3.23. The van der Waals surface area contributed by atoms with E-state index in [1.165, 1.54) is 0 Å². The molecule has 0 aliphatic carbocycles. The molecule has 0 spiro atoms. The summed E-state index contributed by atoms with van der Waals surface area (Å²) in [6.45, 7) is 9.07. The molecular weight excluding hydrogens is 188 g/mol. The molecule has 1 N–H and O–H groups in total. The van der Waals surface area contributed by atoms with Gasteiger partial charge in [0.15, 0.2) is 0 Å². The van der Waals surface area contributed by atoms with Crippen molar-refractivity contribution in [2.75, 3.05) is 32.0 Å². The molecule has 0 aromatic carbocycles. The fourth-order valence-electron chi connectivity index (χ4n) is 1.32. The normalized spacial score (nSPS) is 10.7. The van der Waals surface area contributed by atoms with Crippen LogP contribution in [0.25, 0.3) is 0 Å². The molecule has 0 saturated carbocycles. The van der Waals surface area contributed by atoms with Crippen molar-refractivity contribution in [1.82, 2.24) is 14.9 Å². The Hall–Kier alpha value is -1.16. The van der Waals surface area contributed by atoms with Crippen LogP contribution in [-0.4, -0.2) is 41.5 Å².